The van der Waals surface area contributed by atoms with Gasteiger partial charge in [0.05, 0.1) is 12.9 Å². The van der Waals surface area contributed by atoms with Crippen molar-refractivity contribution in [2.24, 2.45) is 0 Å². The summed E-state index contributed by atoms with van der Waals surface area (Å²) >= 11 is 0. The molecule has 6 nitrogen and oxygen atoms in total. The third-order valence-corrected chi connectivity index (χ3v) is 5.77. The molecule has 1 unspecified atom stereocenters. The third-order valence-electron chi connectivity index (χ3n) is 5.77. The van der Waals surface area contributed by atoms with Crippen molar-refractivity contribution < 1.29 is 23.1 Å². The number of halogens is 1. The van der Waals surface area contributed by atoms with Crippen LogP contribution in [0.1, 0.15) is 54.8 Å². The fourth-order valence-electron chi connectivity index (χ4n) is 4.19. The zero-order valence-electron chi connectivity index (χ0n) is 18.5. The molecule has 0 bridgehead atoms. The van der Waals surface area contributed by atoms with E-state index in [1.165, 1.54) is 35.4 Å². The normalized spacial score (nSPS) is 14.6. The average molecular weight is 451 g/mol. The number of nitrogens with one attached hydrogen (secondary N) is 1. The number of carbonyl (C=O) groups excluding carboxylic acids is 2. The maximum Gasteiger partial charge on any atom is 0.294 e. The number of hydrogen-bond donors (Lipinski definition) is 1. The summed E-state index contributed by atoms with van der Waals surface area (Å²) in [4.78, 5) is 28.5. The van der Waals surface area contributed by atoms with E-state index in [1.807, 2.05) is 6.92 Å². The van der Waals surface area contributed by atoms with Gasteiger partial charge in [0.2, 0.25) is 5.91 Å². The maximum atomic E-state index is 13.7. The Morgan fingerprint density at radius 2 is 1.79 bits per heavy atom. The molecule has 1 aliphatic rings. The van der Waals surface area contributed by atoms with E-state index in [1.54, 1.807) is 36.4 Å². The number of rotatable bonds is 8. The third kappa shape index (κ3) is 5.25. The predicted octanol–water partition coefficient (Wildman–Crippen LogP) is 5.26. The second-order valence-corrected chi connectivity index (χ2v) is 8.02. The molecule has 0 radical (unpaired) electrons. The van der Waals surface area contributed by atoms with E-state index in [4.69, 9.17) is 9.15 Å². The van der Waals surface area contributed by atoms with Gasteiger partial charge in [0, 0.05) is 11.7 Å². The highest BCUT2D eigenvalue weighted by Gasteiger charge is 2.35. The molecule has 2 aromatic carbocycles. The van der Waals surface area contributed by atoms with E-state index in [0.29, 0.717) is 23.6 Å². The highest BCUT2D eigenvalue weighted by molar-refractivity contribution is 6.08. The molecule has 1 heterocycles. The van der Waals surface area contributed by atoms with Gasteiger partial charge in [-0.05, 0) is 73.9 Å². The molecule has 3 aromatic rings. The SMILES string of the molecule is CCOc1ccc(C(C(=O)NC2CCCC2)N(C(=O)c2ccco2)c2ccc(F)cc2)cc1. The fourth-order valence-corrected chi connectivity index (χ4v) is 4.19. The van der Waals surface area contributed by atoms with Gasteiger partial charge in [-0.1, -0.05) is 25.0 Å². The Bertz CT molecular complexity index is 1060. The Morgan fingerprint density at radius 3 is 2.39 bits per heavy atom. The number of benzene rings is 2. The summed E-state index contributed by atoms with van der Waals surface area (Å²) in [5.41, 5.74) is 0.997. The molecule has 1 N–H and O–H groups in total. The lowest BCUT2D eigenvalue weighted by Crippen LogP contribution is -2.46. The predicted molar refractivity (Wildman–Crippen MR) is 123 cm³/mol. The van der Waals surface area contributed by atoms with Crippen molar-refractivity contribution in [1.29, 1.82) is 0 Å². The van der Waals surface area contributed by atoms with E-state index < -0.39 is 17.8 Å². The van der Waals surface area contributed by atoms with E-state index in [2.05, 4.69) is 5.32 Å². The molecule has 1 fully saturated rings. The van der Waals surface area contributed by atoms with Gasteiger partial charge in [-0.15, -0.1) is 0 Å². The van der Waals surface area contributed by atoms with Gasteiger partial charge in [-0.2, -0.15) is 0 Å². The summed E-state index contributed by atoms with van der Waals surface area (Å²) in [6, 6.07) is 14.8. The molecular weight excluding hydrogens is 423 g/mol. The summed E-state index contributed by atoms with van der Waals surface area (Å²) < 4.78 is 24.6. The van der Waals surface area contributed by atoms with E-state index in [9.17, 15) is 14.0 Å². The van der Waals surface area contributed by atoms with Crippen molar-refractivity contribution in [3.63, 3.8) is 0 Å². The Kier molecular flexibility index (Phi) is 7.07. The zero-order valence-corrected chi connectivity index (χ0v) is 18.5. The number of amides is 2. The summed E-state index contributed by atoms with van der Waals surface area (Å²) in [6.45, 7) is 2.41. The highest BCUT2D eigenvalue weighted by Crippen LogP contribution is 2.32. The molecule has 0 spiro atoms. The molecule has 7 heteroatoms. The molecule has 4 rings (SSSR count). The fraction of sp³-hybridized carbons (Fsp3) is 0.308. The zero-order chi connectivity index (χ0) is 23.2. The molecule has 2 amide bonds. The Hall–Kier alpha value is -3.61. The molecule has 172 valence electrons. The summed E-state index contributed by atoms with van der Waals surface area (Å²) in [6.07, 6.45) is 5.34. The van der Waals surface area contributed by atoms with E-state index in [-0.39, 0.29) is 17.7 Å². The molecule has 1 saturated carbocycles. The van der Waals surface area contributed by atoms with Crippen LogP contribution in [0.15, 0.2) is 71.3 Å². The maximum absolute atomic E-state index is 13.7. The average Bonchev–Trinajstić information content (AvgIpc) is 3.53. The van der Waals surface area contributed by atoms with Gasteiger partial charge >= 0.3 is 0 Å². The van der Waals surface area contributed by atoms with Crippen molar-refractivity contribution in [2.75, 3.05) is 11.5 Å². The molecule has 0 saturated heterocycles. The number of anilines is 1. The van der Waals surface area contributed by atoms with Gasteiger partial charge in [0.1, 0.15) is 17.6 Å². The number of ether oxygens (including phenoxy) is 1. The van der Waals surface area contributed by atoms with Crippen LogP contribution >= 0.6 is 0 Å². The lowest BCUT2D eigenvalue weighted by Gasteiger charge is -2.32. The summed E-state index contributed by atoms with van der Waals surface area (Å²) in [5.74, 6) is -0.467. The molecule has 1 atom stereocenters. The van der Waals surface area contributed by atoms with Crippen LogP contribution < -0.4 is 15.0 Å². The van der Waals surface area contributed by atoms with Crippen molar-refractivity contribution >= 4 is 17.5 Å². The Balaban J connectivity index is 1.77. The van der Waals surface area contributed by atoms with Gasteiger partial charge < -0.3 is 14.5 Å². The van der Waals surface area contributed by atoms with Crippen LogP contribution in [-0.4, -0.2) is 24.5 Å². The van der Waals surface area contributed by atoms with Crippen molar-refractivity contribution in [3.05, 3.63) is 84.1 Å². The smallest absolute Gasteiger partial charge is 0.294 e. The first-order valence-electron chi connectivity index (χ1n) is 11.2. The molecule has 33 heavy (non-hydrogen) atoms. The van der Waals surface area contributed by atoms with Crippen LogP contribution in [-0.2, 0) is 4.79 Å². The van der Waals surface area contributed by atoms with Crippen molar-refractivity contribution in [2.45, 2.75) is 44.7 Å². The number of hydrogen-bond acceptors (Lipinski definition) is 4. The minimum absolute atomic E-state index is 0.0662. The second-order valence-electron chi connectivity index (χ2n) is 8.02. The van der Waals surface area contributed by atoms with E-state index >= 15 is 0 Å². The minimum atomic E-state index is -0.982. The Labute approximate surface area is 192 Å². The van der Waals surface area contributed by atoms with Gasteiger partial charge in [0.15, 0.2) is 5.76 Å². The summed E-state index contributed by atoms with van der Waals surface area (Å²) in [5, 5.41) is 3.11. The quantitative estimate of drug-likeness (QED) is 0.508. The molecular formula is C26H27FN2O4. The summed E-state index contributed by atoms with van der Waals surface area (Å²) in [7, 11) is 0. The van der Waals surface area contributed by atoms with Crippen LogP contribution in [0.25, 0.3) is 0 Å². The first-order chi connectivity index (χ1) is 16.1. The monoisotopic (exact) mass is 450 g/mol. The number of carbonyl (C=O) groups is 2. The highest BCUT2D eigenvalue weighted by atomic mass is 19.1. The van der Waals surface area contributed by atoms with Gasteiger partial charge in [0.25, 0.3) is 5.91 Å². The number of furan rings is 1. The molecule has 1 aliphatic carbocycles. The van der Waals surface area contributed by atoms with Crippen LogP contribution in [0.3, 0.4) is 0 Å². The minimum Gasteiger partial charge on any atom is -0.494 e. The van der Waals surface area contributed by atoms with Gasteiger partial charge in [-0.25, -0.2) is 4.39 Å². The van der Waals surface area contributed by atoms with Crippen LogP contribution in [0.4, 0.5) is 10.1 Å². The molecule has 1 aromatic heterocycles. The lowest BCUT2D eigenvalue weighted by molar-refractivity contribution is -0.123. The van der Waals surface area contributed by atoms with Crippen LogP contribution in [0, 0.1) is 5.82 Å². The topological polar surface area (TPSA) is 71.8 Å². The first kappa shape index (κ1) is 22.6. The van der Waals surface area contributed by atoms with E-state index in [0.717, 1.165) is 25.7 Å². The largest absolute Gasteiger partial charge is 0.494 e. The van der Waals surface area contributed by atoms with Crippen LogP contribution in [0.2, 0.25) is 0 Å². The standard InChI is InChI=1S/C26H27FN2O4/c1-2-32-22-15-9-18(10-16-22)24(25(30)28-20-6-3-4-7-20)29(21-13-11-19(27)12-14-21)26(31)23-8-5-17-33-23/h5,8-17,20,24H,2-4,6-7H2,1H3,(H,28,30). The molecule has 0 aliphatic heterocycles. The number of nitrogens with zero attached hydrogens (tertiary/aromatic N) is 1. The lowest BCUT2D eigenvalue weighted by atomic mass is 10.0. The van der Waals surface area contributed by atoms with Crippen molar-refractivity contribution in [3.8, 4) is 5.75 Å². The Morgan fingerprint density at radius 1 is 1.09 bits per heavy atom. The first-order valence-corrected chi connectivity index (χ1v) is 11.2. The van der Waals surface area contributed by atoms with Gasteiger partial charge in [-0.3, -0.25) is 14.5 Å². The van der Waals surface area contributed by atoms with Crippen molar-refractivity contribution in [1.82, 2.24) is 5.32 Å². The second kappa shape index (κ2) is 10.3. The van der Waals surface area contributed by atoms with Crippen LogP contribution in [0.5, 0.6) is 5.75 Å².